The first-order valence-corrected chi connectivity index (χ1v) is 13.9. The zero-order chi connectivity index (χ0) is 28.8. The van der Waals surface area contributed by atoms with Gasteiger partial charge in [-0.1, -0.05) is 29.8 Å². The van der Waals surface area contributed by atoms with Crippen LogP contribution < -0.4 is 10.2 Å². The van der Waals surface area contributed by atoms with Gasteiger partial charge in [0.05, 0.1) is 5.69 Å². The molecular weight excluding hydrogens is 561 g/mol. The number of hydrogen-bond acceptors (Lipinski definition) is 5. The lowest BCUT2D eigenvalue weighted by atomic mass is 10.0. The normalized spacial score (nSPS) is 14.5. The number of carbonyl (C=O) groups excluding carboxylic acids is 3. The monoisotopic (exact) mass is 597 g/mol. The Morgan fingerprint density at radius 2 is 1.76 bits per heavy atom. The van der Waals surface area contributed by atoms with E-state index in [-0.39, 0.29) is 30.2 Å². The van der Waals surface area contributed by atoms with Gasteiger partial charge in [0.2, 0.25) is 0 Å². The Balaban J connectivity index is 0.00000462. The number of rotatable bonds is 8. The van der Waals surface area contributed by atoms with Crippen molar-refractivity contribution in [3.63, 3.8) is 0 Å². The molecule has 1 aliphatic heterocycles. The van der Waals surface area contributed by atoms with Crippen LogP contribution in [0.2, 0.25) is 5.02 Å². The molecule has 0 fully saturated rings. The number of esters is 1. The Labute approximate surface area is 253 Å². The maximum Gasteiger partial charge on any atom is 0.306 e. The van der Waals surface area contributed by atoms with Gasteiger partial charge in [-0.25, -0.2) is 0 Å². The highest BCUT2D eigenvalue weighted by Crippen LogP contribution is 2.38. The van der Waals surface area contributed by atoms with Gasteiger partial charge in [0, 0.05) is 40.4 Å². The largest absolute Gasteiger partial charge is 0.457 e. The van der Waals surface area contributed by atoms with Crippen molar-refractivity contribution in [1.29, 1.82) is 0 Å². The van der Waals surface area contributed by atoms with Crippen LogP contribution in [0.5, 0.6) is 0 Å². The minimum absolute atomic E-state index is 0. The molecule has 41 heavy (non-hydrogen) atoms. The number of aryl methyl sites for hydroxylation is 2. The highest BCUT2D eigenvalue weighted by Gasteiger charge is 2.30. The van der Waals surface area contributed by atoms with E-state index >= 15 is 0 Å². The summed E-state index contributed by atoms with van der Waals surface area (Å²) in [5, 5.41) is 3.45. The Bertz CT molecular complexity index is 1410. The number of nitrogens with one attached hydrogen (secondary N) is 1. The summed E-state index contributed by atoms with van der Waals surface area (Å²) in [7, 11) is 3.94. The van der Waals surface area contributed by atoms with Gasteiger partial charge in [-0.3, -0.25) is 14.4 Å². The lowest BCUT2D eigenvalue weighted by Crippen LogP contribution is -2.32. The molecule has 2 amide bonds. The first-order valence-electron chi connectivity index (χ1n) is 13.6. The Morgan fingerprint density at radius 3 is 2.46 bits per heavy atom. The van der Waals surface area contributed by atoms with Crippen LogP contribution in [0.3, 0.4) is 0 Å². The molecule has 3 aromatic rings. The molecule has 9 heteroatoms. The molecule has 0 aliphatic carbocycles. The van der Waals surface area contributed by atoms with Crippen LogP contribution in [0, 0.1) is 13.8 Å². The molecule has 7 nitrogen and oxygen atoms in total. The third kappa shape index (κ3) is 8.09. The zero-order valence-corrected chi connectivity index (χ0v) is 25.5. The summed E-state index contributed by atoms with van der Waals surface area (Å²) in [6, 6.07) is 18.1. The maximum atomic E-state index is 13.8. The molecule has 1 aliphatic rings. The van der Waals surface area contributed by atoms with Gasteiger partial charge < -0.3 is 19.9 Å². The molecule has 1 N–H and O–H groups in total. The molecule has 3 aromatic carbocycles. The number of amides is 2. The lowest BCUT2D eigenvalue weighted by Gasteiger charge is -2.25. The van der Waals surface area contributed by atoms with Crippen molar-refractivity contribution in [2.75, 3.05) is 37.4 Å². The number of anilines is 2. The molecule has 0 bridgehead atoms. The van der Waals surface area contributed by atoms with Crippen molar-refractivity contribution in [2.45, 2.75) is 45.6 Å². The van der Waals surface area contributed by atoms with Crippen LogP contribution in [0.4, 0.5) is 11.4 Å². The second-order valence-electron chi connectivity index (χ2n) is 10.5. The molecule has 0 aromatic heterocycles. The van der Waals surface area contributed by atoms with Crippen LogP contribution in [0.25, 0.3) is 0 Å². The van der Waals surface area contributed by atoms with Gasteiger partial charge in [0.25, 0.3) is 11.8 Å². The fourth-order valence-electron chi connectivity index (χ4n) is 4.98. The fraction of sp³-hybridized carbons (Fsp3) is 0.344. The van der Waals surface area contributed by atoms with E-state index in [1.54, 1.807) is 35.2 Å². The molecule has 0 saturated heterocycles. The van der Waals surface area contributed by atoms with Gasteiger partial charge in [-0.05, 0) is 107 Å². The highest BCUT2D eigenvalue weighted by molar-refractivity contribution is 6.30. The van der Waals surface area contributed by atoms with E-state index in [1.807, 2.05) is 63.2 Å². The van der Waals surface area contributed by atoms with E-state index in [0.29, 0.717) is 59.8 Å². The van der Waals surface area contributed by atoms with E-state index in [2.05, 4.69) is 5.32 Å². The first-order chi connectivity index (χ1) is 19.1. The third-order valence-corrected chi connectivity index (χ3v) is 7.32. The summed E-state index contributed by atoms with van der Waals surface area (Å²) in [5.74, 6) is -0.607. The quantitative estimate of drug-likeness (QED) is 0.283. The molecule has 218 valence electrons. The zero-order valence-electron chi connectivity index (χ0n) is 23.9. The summed E-state index contributed by atoms with van der Waals surface area (Å²) >= 11 is 6.35. The second kappa shape index (κ2) is 14.5. The van der Waals surface area contributed by atoms with Crippen LogP contribution in [-0.2, 0) is 9.53 Å². The second-order valence-corrected chi connectivity index (χ2v) is 10.9. The van der Waals surface area contributed by atoms with Crippen LogP contribution in [0.15, 0.2) is 60.7 Å². The van der Waals surface area contributed by atoms with Gasteiger partial charge in [0.1, 0.15) is 6.10 Å². The predicted octanol–water partition coefficient (Wildman–Crippen LogP) is 7.00. The SMILES string of the molecule is Cc1ccccc1C(=O)Nc1ccc(C(=O)N2CCCC(OC(=O)CCCN(C)C)c3cc(Cl)ccc32)c(C)c1.Cl. The minimum atomic E-state index is -0.474. The van der Waals surface area contributed by atoms with Crippen molar-refractivity contribution in [2.24, 2.45) is 0 Å². The predicted molar refractivity (Wildman–Crippen MR) is 167 cm³/mol. The van der Waals surface area contributed by atoms with Crippen LogP contribution in [0.1, 0.15) is 69.2 Å². The molecule has 1 unspecified atom stereocenters. The number of hydrogen-bond donors (Lipinski definition) is 1. The van der Waals surface area contributed by atoms with E-state index in [9.17, 15) is 14.4 Å². The summed E-state index contributed by atoms with van der Waals surface area (Å²) in [6.07, 6.45) is 1.83. The molecule has 0 spiro atoms. The summed E-state index contributed by atoms with van der Waals surface area (Å²) in [4.78, 5) is 43.0. The lowest BCUT2D eigenvalue weighted by molar-refractivity contribution is -0.150. The number of fused-ring (bicyclic) bond motifs is 1. The van der Waals surface area contributed by atoms with E-state index < -0.39 is 6.10 Å². The van der Waals surface area contributed by atoms with Crippen molar-refractivity contribution in [1.82, 2.24) is 4.90 Å². The summed E-state index contributed by atoms with van der Waals surface area (Å²) in [5.41, 5.74) is 4.82. The van der Waals surface area contributed by atoms with Gasteiger partial charge in [-0.15, -0.1) is 12.4 Å². The molecule has 1 atom stereocenters. The molecule has 4 rings (SSSR count). The number of benzene rings is 3. The van der Waals surface area contributed by atoms with Gasteiger partial charge >= 0.3 is 5.97 Å². The maximum absolute atomic E-state index is 13.8. The van der Waals surface area contributed by atoms with Crippen LogP contribution >= 0.6 is 24.0 Å². The Kier molecular flexibility index (Phi) is 11.4. The topological polar surface area (TPSA) is 79.0 Å². The van der Waals surface area contributed by atoms with Crippen molar-refractivity contribution < 1.29 is 19.1 Å². The Morgan fingerprint density at radius 1 is 1.00 bits per heavy atom. The standard InChI is InChI=1S/C32H36ClN3O4.ClH/c1-21-9-5-6-10-25(21)31(38)34-24-14-15-26(22(2)19-24)32(39)36-18-7-11-29(27-20-23(33)13-16-28(27)36)40-30(37)12-8-17-35(3)4;/h5-6,9-10,13-16,19-20,29H,7-8,11-12,17-18H2,1-4H3,(H,34,38);1H. The molecule has 0 saturated carbocycles. The smallest absolute Gasteiger partial charge is 0.306 e. The molecule has 0 radical (unpaired) electrons. The summed E-state index contributed by atoms with van der Waals surface area (Å²) in [6.45, 7) is 5.03. The molecular formula is C32H37Cl2N3O4. The van der Waals surface area contributed by atoms with Gasteiger partial charge in [0.15, 0.2) is 0 Å². The van der Waals surface area contributed by atoms with E-state index in [0.717, 1.165) is 23.2 Å². The Hall–Kier alpha value is -3.39. The molecule has 1 heterocycles. The minimum Gasteiger partial charge on any atom is -0.457 e. The third-order valence-electron chi connectivity index (χ3n) is 7.08. The first kappa shape index (κ1) is 32.1. The average molecular weight is 599 g/mol. The van der Waals surface area contributed by atoms with Crippen molar-refractivity contribution >= 4 is 53.2 Å². The van der Waals surface area contributed by atoms with Crippen molar-refractivity contribution in [3.8, 4) is 0 Å². The van der Waals surface area contributed by atoms with E-state index in [1.165, 1.54) is 0 Å². The average Bonchev–Trinajstić information content (AvgIpc) is 3.07. The number of halogens is 2. The van der Waals surface area contributed by atoms with Crippen LogP contribution in [-0.4, -0.2) is 49.9 Å². The highest BCUT2D eigenvalue weighted by atomic mass is 35.5. The van der Waals surface area contributed by atoms with E-state index in [4.69, 9.17) is 16.3 Å². The van der Waals surface area contributed by atoms with Gasteiger partial charge in [-0.2, -0.15) is 0 Å². The van der Waals surface area contributed by atoms with Crippen molar-refractivity contribution in [3.05, 3.63) is 93.5 Å². The summed E-state index contributed by atoms with van der Waals surface area (Å²) < 4.78 is 5.90. The number of carbonyl (C=O) groups is 3. The number of nitrogens with zero attached hydrogens (tertiary/aromatic N) is 2. The number of ether oxygens (including phenoxy) is 1. The fourth-order valence-corrected chi connectivity index (χ4v) is 5.16.